The largest absolute Gasteiger partial charge is 0.491 e. The number of anilines is 1. The minimum atomic E-state index is -1.89. The van der Waals surface area contributed by atoms with Crippen LogP contribution in [0.4, 0.5) is 5.69 Å². The van der Waals surface area contributed by atoms with E-state index in [9.17, 15) is 24.9 Å². The fourth-order valence-electron chi connectivity index (χ4n) is 9.24. The van der Waals surface area contributed by atoms with Gasteiger partial charge in [-0.25, -0.2) is 0 Å². The molecule has 3 heterocycles. The predicted molar refractivity (Wildman–Crippen MR) is 199 cm³/mol. The van der Waals surface area contributed by atoms with Gasteiger partial charge < -0.3 is 30.1 Å². The van der Waals surface area contributed by atoms with Gasteiger partial charge in [-0.3, -0.25) is 19.3 Å². The molecule has 0 radical (unpaired) electrons. The van der Waals surface area contributed by atoms with Crippen LogP contribution >= 0.6 is 0 Å². The van der Waals surface area contributed by atoms with Gasteiger partial charge in [0.15, 0.2) is 0 Å². The van der Waals surface area contributed by atoms with Crippen molar-refractivity contribution in [3.63, 3.8) is 0 Å². The number of para-hydroxylation sites is 1. The van der Waals surface area contributed by atoms with Crippen molar-refractivity contribution in [3.8, 4) is 17.6 Å². The number of rotatable bonds is 7. The number of cyclic esters (lactones) is 1. The number of carbonyl (C=O) groups excluding carboxylic acids is 2. The molecule has 4 aromatic rings. The number of ether oxygens (including phenoxy) is 2. The first-order valence-corrected chi connectivity index (χ1v) is 18.6. The Morgan fingerprint density at radius 1 is 0.870 bits per heavy atom. The molecule has 3 aliphatic heterocycles. The Morgan fingerprint density at radius 2 is 1.54 bits per heavy atom. The molecular weight excluding hydrogens is 684 g/mol. The number of nitrogens with zero attached hydrogens (tertiary/aromatic N) is 1. The second kappa shape index (κ2) is 14.4. The third-order valence-electron chi connectivity index (χ3n) is 11.5. The Labute approximate surface area is 313 Å². The monoisotopic (exact) mass is 726 g/mol. The lowest BCUT2D eigenvalue weighted by molar-refractivity contribution is -0.179. The Bertz CT molecular complexity index is 2120. The van der Waals surface area contributed by atoms with E-state index in [1.807, 2.05) is 65.6 Å². The van der Waals surface area contributed by atoms with Crippen LogP contribution < -0.4 is 10.1 Å². The highest BCUT2D eigenvalue weighted by Gasteiger charge is 2.74. The molecule has 4 N–H and O–H groups in total. The first-order chi connectivity index (χ1) is 26.3. The highest BCUT2D eigenvalue weighted by Crippen LogP contribution is 2.65. The standard InChI is InChI=1S/C44H42N2O8/c47-25-26-53-34-18-10-9-17-31(34)39-44(32-27-28(19-20-33(32)45-42(44)51)21-24-43(52)22-11-1-2-12-23-43)35(40(48)49)37-41(50)54-38(30-15-7-4-8-16-30)36(46(37)39)29-13-5-3-6-14-29/h3-10,13-20,27,35-39,47,52H,1-2,11-12,22-23,25-26H2,(H,45,51)(H,48,49)/t35-,36-,37-,38+,39+,44-/m0/s1. The van der Waals surface area contributed by atoms with Crippen LogP contribution in [-0.2, 0) is 24.5 Å². The zero-order valence-corrected chi connectivity index (χ0v) is 29.7. The zero-order valence-electron chi connectivity index (χ0n) is 29.7. The summed E-state index contributed by atoms with van der Waals surface area (Å²) in [7, 11) is 0. The molecule has 10 nitrogen and oxygen atoms in total. The summed E-state index contributed by atoms with van der Waals surface area (Å²) >= 11 is 0. The van der Waals surface area contributed by atoms with Crippen molar-refractivity contribution in [2.75, 3.05) is 18.5 Å². The quantitative estimate of drug-likeness (QED) is 0.105. The van der Waals surface area contributed by atoms with E-state index in [1.165, 1.54) is 0 Å². The highest BCUT2D eigenvalue weighted by atomic mass is 16.6. The Kier molecular flexibility index (Phi) is 9.48. The maximum Gasteiger partial charge on any atom is 0.325 e. The van der Waals surface area contributed by atoms with Gasteiger partial charge in [-0.1, -0.05) is 104 Å². The van der Waals surface area contributed by atoms with Crippen LogP contribution in [0.2, 0.25) is 0 Å². The lowest BCUT2D eigenvalue weighted by Gasteiger charge is -2.46. The summed E-state index contributed by atoms with van der Waals surface area (Å²) in [4.78, 5) is 45.4. The summed E-state index contributed by atoms with van der Waals surface area (Å²) in [6.07, 6.45) is 4.07. The predicted octanol–water partition coefficient (Wildman–Crippen LogP) is 5.85. The second-order valence-electron chi connectivity index (χ2n) is 14.6. The average Bonchev–Trinajstić information content (AvgIpc) is 3.55. The molecular formula is C44H42N2O8. The lowest BCUT2D eigenvalue weighted by Crippen LogP contribution is -2.52. The number of carbonyl (C=O) groups is 3. The number of nitrogens with one attached hydrogen (secondary N) is 1. The molecule has 276 valence electrons. The van der Waals surface area contributed by atoms with Gasteiger partial charge in [0.25, 0.3) is 0 Å². The highest BCUT2D eigenvalue weighted by molar-refractivity contribution is 6.11. The van der Waals surface area contributed by atoms with Gasteiger partial charge in [0.05, 0.1) is 18.7 Å². The number of morpholine rings is 1. The van der Waals surface area contributed by atoms with Crippen LogP contribution in [0.25, 0.3) is 0 Å². The van der Waals surface area contributed by atoms with E-state index < -0.39 is 59.0 Å². The number of carboxylic acid groups (broad SMARTS) is 1. The smallest absolute Gasteiger partial charge is 0.325 e. The van der Waals surface area contributed by atoms with Gasteiger partial charge in [0, 0.05) is 16.8 Å². The minimum Gasteiger partial charge on any atom is -0.491 e. The van der Waals surface area contributed by atoms with Crippen molar-refractivity contribution in [1.82, 2.24) is 4.90 Å². The number of hydrogen-bond donors (Lipinski definition) is 4. The van der Waals surface area contributed by atoms with Gasteiger partial charge >= 0.3 is 11.9 Å². The summed E-state index contributed by atoms with van der Waals surface area (Å²) in [5, 5.41) is 35.5. The molecule has 54 heavy (non-hydrogen) atoms. The van der Waals surface area contributed by atoms with Crippen molar-refractivity contribution < 1.29 is 39.2 Å². The maximum absolute atomic E-state index is 15.0. The molecule has 1 aliphatic carbocycles. The molecule has 6 atom stereocenters. The zero-order chi connectivity index (χ0) is 37.5. The lowest BCUT2D eigenvalue weighted by atomic mass is 9.65. The number of aliphatic carboxylic acids is 1. The maximum atomic E-state index is 15.0. The molecule has 0 bridgehead atoms. The summed E-state index contributed by atoms with van der Waals surface area (Å²) < 4.78 is 12.4. The van der Waals surface area contributed by atoms with E-state index in [1.54, 1.807) is 42.5 Å². The van der Waals surface area contributed by atoms with Crippen LogP contribution in [0.1, 0.15) is 84.5 Å². The molecule has 4 aliphatic rings. The number of esters is 1. The third kappa shape index (κ3) is 5.93. The van der Waals surface area contributed by atoms with E-state index in [2.05, 4.69) is 17.2 Å². The average molecular weight is 727 g/mol. The van der Waals surface area contributed by atoms with Gasteiger partial charge in [-0.15, -0.1) is 0 Å². The molecule has 1 spiro atoms. The first kappa shape index (κ1) is 35.6. The van der Waals surface area contributed by atoms with E-state index in [0.29, 0.717) is 46.5 Å². The number of carboxylic acids is 1. The normalized spacial score (nSPS) is 27.1. The van der Waals surface area contributed by atoms with Crippen LogP contribution in [0.5, 0.6) is 5.75 Å². The van der Waals surface area contributed by atoms with E-state index >= 15 is 4.79 Å². The topological polar surface area (TPSA) is 146 Å². The second-order valence-corrected chi connectivity index (χ2v) is 14.6. The van der Waals surface area contributed by atoms with Crippen molar-refractivity contribution >= 4 is 23.5 Å². The molecule has 0 aromatic heterocycles. The van der Waals surface area contributed by atoms with Crippen LogP contribution in [0.3, 0.4) is 0 Å². The molecule has 1 amide bonds. The SMILES string of the molecule is O=C1O[C@H](c2ccccc2)[C@H](c2ccccc2)N2[C@H]1[C@@H](C(=O)O)[C@]1(C(=O)Nc3ccc(C#CC4(O)CCCCCC4)cc31)[C@H]2c1ccccc1OCCO. The fourth-order valence-corrected chi connectivity index (χ4v) is 9.24. The van der Waals surface area contributed by atoms with Crippen LogP contribution in [0, 0.1) is 17.8 Å². The number of benzene rings is 4. The molecule has 0 unspecified atom stereocenters. The minimum absolute atomic E-state index is 0.0508. The molecule has 1 saturated carbocycles. The number of hydrogen-bond acceptors (Lipinski definition) is 8. The van der Waals surface area contributed by atoms with E-state index in [4.69, 9.17) is 9.47 Å². The van der Waals surface area contributed by atoms with Crippen LogP contribution in [-0.4, -0.2) is 62.9 Å². The Hall–Kier alpha value is -5.47. The molecule has 3 fully saturated rings. The van der Waals surface area contributed by atoms with Crippen molar-refractivity contribution in [1.29, 1.82) is 0 Å². The molecule has 4 aromatic carbocycles. The van der Waals surface area contributed by atoms with Gasteiger partial charge in [0.2, 0.25) is 5.91 Å². The van der Waals surface area contributed by atoms with Crippen molar-refractivity contribution in [2.24, 2.45) is 5.92 Å². The van der Waals surface area contributed by atoms with Crippen molar-refractivity contribution in [3.05, 3.63) is 131 Å². The fraction of sp³-hybridized carbons (Fsp3) is 0.341. The molecule has 2 saturated heterocycles. The summed E-state index contributed by atoms with van der Waals surface area (Å²) in [6.45, 7) is -0.328. The molecule has 8 rings (SSSR count). The number of aliphatic hydroxyl groups excluding tert-OH is 1. The first-order valence-electron chi connectivity index (χ1n) is 18.6. The number of aliphatic hydroxyl groups is 2. The third-order valence-corrected chi connectivity index (χ3v) is 11.5. The molecule has 10 heteroatoms. The van der Waals surface area contributed by atoms with Gasteiger partial charge in [-0.2, -0.15) is 0 Å². The van der Waals surface area contributed by atoms with Crippen molar-refractivity contribution in [2.45, 2.75) is 73.8 Å². The number of fused-ring (bicyclic) bond motifs is 3. The summed E-state index contributed by atoms with van der Waals surface area (Å²) in [5.74, 6) is 2.33. The van der Waals surface area contributed by atoms with Gasteiger partial charge in [-0.05, 0) is 66.6 Å². The Balaban J connectivity index is 1.40. The van der Waals surface area contributed by atoms with Gasteiger partial charge in [0.1, 0.15) is 41.4 Å². The van der Waals surface area contributed by atoms with E-state index in [-0.39, 0.29) is 13.2 Å². The summed E-state index contributed by atoms with van der Waals surface area (Å²) in [6, 6.07) is 27.8. The van der Waals surface area contributed by atoms with Crippen LogP contribution in [0.15, 0.2) is 103 Å². The summed E-state index contributed by atoms with van der Waals surface area (Å²) in [5.41, 5.74) is 0.208. The Morgan fingerprint density at radius 3 is 2.22 bits per heavy atom. The van der Waals surface area contributed by atoms with E-state index in [0.717, 1.165) is 31.2 Å². The number of amides is 1.